The van der Waals surface area contributed by atoms with Gasteiger partial charge in [0, 0.05) is 0 Å². The van der Waals surface area contributed by atoms with Crippen molar-refractivity contribution >= 4 is 6.21 Å². The molecular weight excluding hydrogens is 274 g/mol. The van der Waals surface area contributed by atoms with Crippen molar-refractivity contribution in [2.45, 2.75) is 77.2 Å². The highest BCUT2D eigenvalue weighted by Gasteiger charge is 2.06. The average Bonchev–Trinajstić information content (AvgIpc) is 2.50. The molecule has 1 unspecified atom stereocenters. The molecule has 0 saturated carbocycles. The zero-order valence-corrected chi connectivity index (χ0v) is 13.9. The van der Waals surface area contributed by atoms with E-state index < -0.39 is 0 Å². The molecule has 1 atom stereocenters. The Morgan fingerprint density at radius 2 is 1.73 bits per heavy atom. The van der Waals surface area contributed by atoms with Gasteiger partial charge in [-0.15, -0.1) is 0 Å². The van der Waals surface area contributed by atoms with Crippen LogP contribution in [0.25, 0.3) is 0 Å². The third-order valence-corrected chi connectivity index (χ3v) is 4.02. The van der Waals surface area contributed by atoms with Gasteiger partial charge in [-0.2, -0.15) is 0 Å². The zero-order valence-electron chi connectivity index (χ0n) is 13.9. The molecule has 0 aliphatic carbocycles. The summed E-state index contributed by atoms with van der Waals surface area (Å²) in [6.07, 6.45) is 13.0. The van der Waals surface area contributed by atoms with E-state index in [2.05, 4.69) is 12.1 Å². The lowest BCUT2D eigenvalue weighted by molar-refractivity contribution is 0.161. The molecule has 0 aliphatic rings. The molecule has 0 bridgehead atoms. The number of aliphatic hydroxyl groups excluding tert-OH is 1. The molecule has 0 aliphatic heterocycles. The molecule has 0 heterocycles. The van der Waals surface area contributed by atoms with Gasteiger partial charge in [-0.1, -0.05) is 81.6 Å². The van der Waals surface area contributed by atoms with Crippen molar-refractivity contribution in [2.24, 2.45) is 5.16 Å². The lowest BCUT2D eigenvalue weighted by Gasteiger charge is -2.11. The second-order valence-corrected chi connectivity index (χ2v) is 6.11. The maximum Gasteiger partial charge on any atom is 0.0733 e. The fourth-order valence-corrected chi connectivity index (χ4v) is 2.76. The van der Waals surface area contributed by atoms with Crippen LogP contribution < -0.4 is 0 Å². The van der Waals surface area contributed by atoms with E-state index in [0.29, 0.717) is 6.42 Å². The van der Waals surface area contributed by atoms with Gasteiger partial charge in [0.15, 0.2) is 0 Å². The molecule has 1 aromatic carbocycles. The summed E-state index contributed by atoms with van der Waals surface area (Å²) >= 11 is 0. The molecular formula is C19H31NO2. The highest BCUT2D eigenvalue weighted by Crippen LogP contribution is 2.13. The van der Waals surface area contributed by atoms with Crippen LogP contribution in [0.5, 0.6) is 0 Å². The van der Waals surface area contributed by atoms with Gasteiger partial charge in [-0.3, -0.25) is 0 Å². The largest absolute Gasteiger partial charge is 0.411 e. The van der Waals surface area contributed by atoms with E-state index in [1.807, 2.05) is 24.3 Å². The fourth-order valence-electron chi connectivity index (χ4n) is 2.76. The van der Waals surface area contributed by atoms with Gasteiger partial charge >= 0.3 is 0 Å². The van der Waals surface area contributed by atoms with Crippen molar-refractivity contribution in [1.82, 2.24) is 0 Å². The molecule has 3 heteroatoms. The topological polar surface area (TPSA) is 52.8 Å². The Morgan fingerprint density at radius 1 is 1.05 bits per heavy atom. The smallest absolute Gasteiger partial charge is 0.0733 e. The Morgan fingerprint density at radius 3 is 2.41 bits per heavy atom. The molecule has 1 aromatic rings. The van der Waals surface area contributed by atoms with E-state index in [1.165, 1.54) is 51.2 Å². The van der Waals surface area contributed by atoms with E-state index >= 15 is 0 Å². The number of hydrogen-bond acceptors (Lipinski definition) is 3. The van der Waals surface area contributed by atoms with Gasteiger partial charge in [0.2, 0.25) is 0 Å². The second-order valence-electron chi connectivity index (χ2n) is 6.11. The van der Waals surface area contributed by atoms with E-state index in [-0.39, 0.29) is 6.10 Å². The molecule has 0 radical (unpaired) electrons. The predicted molar refractivity (Wildman–Crippen MR) is 92.8 cm³/mol. The Labute approximate surface area is 135 Å². The minimum absolute atomic E-state index is 0.276. The first kappa shape index (κ1) is 18.7. The first-order chi connectivity index (χ1) is 10.8. The number of oxime groups is 1. The first-order valence-corrected chi connectivity index (χ1v) is 8.70. The number of unbranched alkanes of at least 4 members (excludes halogenated alkanes) is 7. The summed E-state index contributed by atoms with van der Waals surface area (Å²) in [5.41, 5.74) is 1.95. The van der Waals surface area contributed by atoms with Crippen LogP contribution in [0.4, 0.5) is 0 Å². The summed E-state index contributed by atoms with van der Waals surface area (Å²) in [6, 6.07) is 7.77. The van der Waals surface area contributed by atoms with Gasteiger partial charge < -0.3 is 10.3 Å². The molecule has 22 heavy (non-hydrogen) atoms. The predicted octanol–water partition coefficient (Wildman–Crippen LogP) is 4.93. The van der Waals surface area contributed by atoms with Gasteiger partial charge in [-0.05, 0) is 30.0 Å². The summed E-state index contributed by atoms with van der Waals surface area (Å²) in [4.78, 5) is 0. The lowest BCUT2D eigenvalue weighted by Crippen LogP contribution is -2.10. The van der Waals surface area contributed by atoms with Crippen LogP contribution in [0.3, 0.4) is 0 Å². The average molecular weight is 305 g/mol. The molecule has 0 amide bonds. The molecule has 0 fully saturated rings. The Kier molecular flexibility index (Phi) is 10.4. The maximum absolute atomic E-state index is 10.1. The van der Waals surface area contributed by atoms with Crippen molar-refractivity contribution in [3.63, 3.8) is 0 Å². The third kappa shape index (κ3) is 8.83. The standard InChI is InChI=1S/C19H31NO2/c1-2-3-4-5-6-7-8-9-13-19(21)15-17-11-10-12-18(14-17)16-20-22/h10-12,14,16,19,21-22H,2-9,13,15H2,1H3. The highest BCUT2D eigenvalue weighted by atomic mass is 16.4. The van der Waals surface area contributed by atoms with Crippen LogP contribution in [0.1, 0.15) is 75.8 Å². The summed E-state index contributed by atoms with van der Waals surface area (Å²) in [5, 5.41) is 21.7. The van der Waals surface area contributed by atoms with Crippen molar-refractivity contribution in [2.75, 3.05) is 0 Å². The summed E-state index contributed by atoms with van der Waals surface area (Å²) < 4.78 is 0. The maximum atomic E-state index is 10.1. The van der Waals surface area contributed by atoms with Gasteiger partial charge in [-0.25, -0.2) is 0 Å². The highest BCUT2D eigenvalue weighted by molar-refractivity contribution is 5.79. The quantitative estimate of drug-likeness (QED) is 0.249. The van der Waals surface area contributed by atoms with Crippen molar-refractivity contribution in [1.29, 1.82) is 0 Å². The molecule has 0 aromatic heterocycles. The number of hydrogen-bond donors (Lipinski definition) is 2. The van der Waals surface area contributed by atoms with Gasteiger partial charge in [0.25, 0.3) is 0 Å². The van der Waals surface area contributed by atoms with E-state index in [0.717, 1.165) is 24.0 Å². The Bertz CT molecular complexity index is 418. The summed E-state index contributed by atoms with van der Waals surface area (Å²) in [7, 11) is 0. The first-order valence-electron chi connectivity index (χ1n) is 8.70. The van der Waals surface area contributed by atoms with Crippen LogP contribution in [0, 0.1) is 0 Å². The molecule has 1 rings (SSSR count). The van der Waals surface area contributed by atoms with Gasteiger partial charge in [0.1, 0.15) is 0 Å². The number of nitrogens with zero attached hydrogens (tertiary/aromatic N) is 1. The Balaban J connectivity index is 2.13. The monoisotopic (exact) mass is 305 g/mol. The van der Waals surface area contributed by atoms with Crippen LogP contribution in [-0.2, 0) is 6.42 Å². The normalized spacial score (nSPS) is 12.8. The van der Waals surface area contributed by atoms with Crippen LogP contribution in [0.2, 0.25) is 0 Å². The molecule has 3 nitrogen and oxygen atoms in total. The minimum Gasteiger partial charge on any atom is -0.411 e. The van der Waals surface area contributed by atoms with Gasteiger partial charge in [0.05, 0.1) is 12.3 Å². The Hall–Kier alpha value is -1.35. The molecule has 0 saturated heterocycles. The molecule has 2 N–H and O–H groups in total. The zero-order chi connectivity index (χ0) is 16.0. The van der Waals surface area contributed by atoms with Crippen molar-refractivity contribution in [3.8, 4) is 0 Å². The lowest BCUT2D eigenvalue weighted by atomic mass is 10.0. The number of aliphatic hydroxyl groups is 1. The fraction of sp³-hybridized carbons (Fsp3) is 0.632. The van der Waals surface area contributed by atoms with E-state index in [1.54, 1.807) is 0 Å². The number of rotatable bonds is 12. The van der Waals surface area contributed by atoms with Crippen molar-refractivity contribution < 1.29 is 10.3 Å². The van der Waals surface area contributed by atoms with E-state index in [4.69, 9.17) is 5.21 Å². The second kappa shape index (κ2) is 12.2. The minimum atomic E-state index is -0.276. The molecule has 0 spiro atoms. The summed E-state index contributed by atoms with van der Waals surface area (Å²) in [5.74, 6) is 0. The van der Waals surface area contributed by atoms with Crippen LogP contribution in [0.15, 0.2) is 29.4 Å². The SMILES string of the molecule is CCCCCCCCCCC(O)Cc1cccc(C=NO)c1. The van der Waals surface area contributed by atoms with Crippen LogP contribution >= 0.6 is 0 Å². The summed E-state index contributed by atoms with van der Waals surface area (Å²) in [6.45, 7) is 2.24. The van der Waals surface area contributed by atoms with E-state index in [9.17, 15) is 5.11 Å². The number of benzene rings is 1. The molecule has 124 valence electrons. The van der Waals surface area contributed by atoms with Crippen LogP contribution in [-0.4, -0.2) is 22.6 Å². The van der Waals surface area contributed by atoms with Crippen molar-refractivity contribution in [3.05, 3.63) is 35.4 Å². The third-order valence-electron chi connectivity index (χ3n) is 4.02.